The number of carbonyl (C=O) groups excluding carboxylic acids is 2. The van der Waals surface area contributed by atoms with Gasteiger partial charge in [0.2, 0.25) is 11.8 Å². The highest BCUT2D eigenvalue weighted by Crippen LogP contribution is 2.25. The van der Waals surface area contributed by atoms with Gasteiger partial charge in [-0.15, -0.1) is 0 Å². The van der Waals surface area contributed by atoms with Gasteiger partial charge >= 0.3 is 0 Å². The Morgan fingerprint density at radius 2 is 2.12 bits per heavy atom. The second-order valence-corrected chi connectivity index (χ2v) is 6.26. The van der Waals surface area contributed by atoms with Crippen molar-refractivity contribution < 1.29 is 18.7 Å². The molecular formula is C19H22N2O4. The molecule has 132 valence electrons. The van der Waals surface area contributed by atoms with E-state index in [1.54, 1.807) is 36.3 Å². The maximum atomic E-state index is 12.6. The monoisotopic (exact) mass is 342 g/mol. The Hall–Kier alpha value is -2.76. The number of hydrogen-bond acceptors (Lipinski definition) is 4. The molecule has 0 radical (unpaired) electrons. The first-order chi connectivity index (χ1) is 12.1. The fourth-order valence-corrected chi connectivity index (χ4v) is 3.16. The number of nitrogens with zero attached hydrogens (tertiary/aromatic N) is 2. The van der Waals surface area contributed by atoms with Gasteiger partial charge in [-0.3, -0.25) is 9.59 Å². The van der Waals surface area contributed by atoms with E-state index in [9.17, 15) is 9.59 Å². The van der Waals surface area contributed by atoms with Gasteiger partial charge in [0.05, 0.1) is 25.8 Å². The summed E-state index contributed by atoms with van der Waals surface area (Å²) in [7, 11) is 3.35. The van der Waals surface area contributed by atoms with E-state index in [2.05, 4.69) is 0 Å². The number of amides is 2. The summed E-state index contributed by atoms with van der Waals surface area (Å²) < 4.78 is 10.6. The van der Waals surface area contributed by atoms with Crippen molar-refractivity contribution in [2.24, 2.45) is 5.92 Å². The van der Waals surface area contributed by atoms with E-state index < -0.39 is 0 Å². The van der Waals surface area contributed by atoms with Crippen molar-refractivity contribution in [1.82, 2.24) is 9.80 Å². The SMILES string of the molecule is COc1ccccc1CN1CC(C(=O)N(C)Cc2ccco2)CC1=O. The smallest absolute Gasteiger partial charge is 0.228 e. The lowest BCUT2D eigenvalue weighted by Crippen LogP contribution is -2.34. The number of carbonyl (C=O) groups is 2. The van der Waals surface area contributed by atoms with Crippen LogP contribution in [0.15, 0.2) is 47.1 Å². The number of ether oxygens (including phenoxy) is 1. The molecule has 1 aromatic heterocycles. The zero-order valence-corrected chi connectivity index (χ0v) is 14.5. The first-order valence-corrected chi connectivity index (χ1v) is 8.25. The van der Waals surface area contributed by atoms with Crippen molar-refractivity contribution in [2.75, 3.05) is 20.7 Å². The van der Waals surface area contributed by atoms with Gasteiger partial charge in [0.1, 0.15) is 11.5 Å². The number of rotatable bonds is 6. The predicted molar refractivity (Wildman–Crippen MR) is 91.7 cm³/mol. The molecule has 0 aliphatic carbocycles. The fraction of sp³-hybridized carbons (Fsp3) is 0.368. The molecule has 1 aliphatic rings. The highest BCUT2D eigenvalue weighted by atomic mass is 16.5. The lowest BCUT2D eigenvalue weighted by atomic mass is 10.1. The van der Waals surface area contributed by atoms with Crippen molar-refractivity contribution in [3.8, 4) is 5.75 Å². The summed E-state index contributed by atoms with van der Waals surface area (Å²) in [4.78, 5) is 28.3. The average Bonchev–Trinajstić information content (AvgIpc) is 3.25. The van der Waals surface area contributed by atoms with Gasteiger partial charge in [-0.25, -0.2) is 0 Å². The Kier molecular flexibility index (Phi) is 5.07. The predicted octanol–water partition coefficient (Wildman–Crippen LogP) is 2.30. The number of methoxy groups -OCH3 is 1. The molecule has 2 aromatic rings. The van der Waals surface area contributed by atoms with Gasteiger partial charge in [-0.05, 0) is 18.2 Å². The van der Waals surface area contributed by atoms with Gasteiger partial charge in [-0.1, -0.05) is 18.2 Å². The minimum Gasteiger partial charge on any atom is -0.496 e. The normalized spacial score (nSPS) is 17.0. The summed E-state index contributed by atoms with van der Waals surface area (Å²) in [5.74, 6) is 1.12. The van der Waals surface area contributed by atoms with Crippen LogP contribution in [0, 0.1) is 5.92 Å². The van der Waals surface area contributed by atoms with E-state index in [0.29, 0.717) is 19.6 Å². The van der Waals surface area contributed by atoms with Crippen LogP contribution in [0.25, 0.3) is 0 Å². The molecule has 2 amide bonds. The summed E-state index contributed by atoms with van der Waals surface area (Å²) in [5.41, 5.74) is 0.940. The molecule has 2 heterocycles. The van der Waals surface area contributed by atoms with Crippen LogP contribution in [-0.4, -0.2) is 42.3 Å². The zero-order chi connectivity index (χ0) is 17.8. The second kappa shape index (κ2) is 7.42. The molecule has 6 heteroatoms. The van der Waals surface area contributed by atoms with E-state index in [4.69, 9.17) is 9.15 Å². The molecular weight excluding hydrogens is 320 g/mol. The summed E-state index contributed by atoms with van der Waals surface area (Å²) in [6, 6.07) is 11.2. The van der Waals surface area contributed by atoms with Gasteiger partial charge in [0.15, 0.2) is 0 Å². The number of furan rings is 1. The summed E-state index contributed by atoms with van der Waals surface area (Å²) in [6.07, 6.45) is 1.83. The number of likely N-dealkylation sites (tertiary alicyclic amines) is 1. The molecule has 0 N–H and O–H groups in total. The first kappa shape index (κ1) is 17.1. The van der Waals surface area contributed by atoms with Crippen molar-refractivity contribution in [2.45, 2.75) is 19.5 Å². The molecule has 0 saturated carbocycles. The third-order valence-electron chi connectivity index (χ3n) is 4.47. The van der Waals surface area contributed by atoms with E-state index in [1.165, 1.54) is 0 Å². The maximum absolute atomic E-state index is 12.6. The van der Waals surface area contributed by atoms with Crippen molar-refractivity contribution in [3.05, 3.63) is 54.0 Å². The van der Waals surface area contributed by atoms with Crippen LogP contribution in [0.4, 0.5) is 0 Å². The molecule has 25 heavy (non-hydrogen) atoms. The molecule has 6 nitrogen and oxygen atoms in total. The molecule has 1 aliphatic heterocycles. The Morgan fingerprint density at radius 3 is 2.84 bits per heavy atom. The summed E-state index contributed by atoms with van der Waals surface area (Å²) in [6.45, 7) is 1.29. The molecule has 1 fully saturated rings. The topological polar surface area (TPSA) is 63.0 Å². The fourth-order valence-electron chi connectivity index (χ4n) is 3.16. The molecule has 1 atom stereocenters. The highest BCUT2D eigenvalue weighted by molar-refractivity contribution is 5.89. The van der Waals surface area contributed by atoms with Crippen molar-refractivity contribution in [1.29, 1.82) is 0 Å². The van der Waals surface area contributed by atoms with Gasteiger partial charge in [0.25, 0.3) is 0 Å². The number of hydrogen-bond donors (Lipinski definition) is 0. The Balaban J connectivity index is 1.62. The van der Waals surface area contributed by atoms with Crippen molar-refractivity contribution in [3.63, 3.8) is 0 Å². The Morgan fingerprint density at radius 1 is 1.32 bits per heavy atom. The van der Waals surface area contributed by atoms with Crippen LogP contribution in [0.2, 0.25) is 0 Å². The lowest BCUT2D eigenvalue weighted by molar-refractivity contribution is -0.135. The van der Waals surface area contributed by atoms with Crippen molar-refractivity contribution >= 4 is 11.8 Å². The minimum atomic E-state index is -0.317. The quantitative estimate of drug-likeness (QED) is 0.808. The first-order valence-electron chi connectivity index (χ1n) is 8.25. The van der Waals surface area contributed by atoms with Crippen LogP contribution < -0.4 is 4.74 Å². The van der Waals surface area contributed by atoms with Gasteiger partial charge in [-0.2, -0.15) is 0 Å². The number of benzene rings is 1. The second-order valence-electron chi connectivity index (χ2n) is 6.26. The third-order valence-corrected chi connectivity index (χ3v) is 4.47. The van der Waals surface area contributed by atoms with E-state index in [1.807, 2.05) is 30.3 Å². The Bertz CT molecular complexity index is 742. The Labute approximate surface area is 147 Å². The van der Waals surface area contributed by atoms with Gasteiger partial charge in [0, 0.05) is 32.1 Å². The molecule has 1 aromatic carbocycles. The maximum Gasteiger partial charge on any atom is 0.228 e. The van der Waals surface area contributed by atoms with E-state index in [0.717, 1.165) is 17.1 Å². The van der Waals surface area contributed by atoms with Crippen LogP contribution in [0.5, 0.6) is 5.75 Å². The van der Waals surface area contributed by atoms with Gasteiger partial charge < -0.3 is 19.0 Å². The van der Waals surface area contributed by atoms with Crippen LogP contribution in [0.1, 0.15) is 17.7 Å². The number of para-hydroxylation sites is 1. The standard InChI is InChI=1S/C19H22N2O4/c1-20(13-16-7-5-9-25-16)19(23)15-10-18(22)21(12-15)11-14-6-3-4-8-17(14)24-2/h3-9,15H,10-13H2,1-2H3. The molecule has 3 rings (SSSR count). The highest BCUT2D eigenvalue weighted by Gasteiger charge is 2.36. The lowest BCUT2D eigenvalue weighted by Gasteiger charge is -2.21. The molecule has 1 unspecified atom stereocenters. The summed E-state index contributed by atoms with van der Waals surface area (Å²) in [5, 5.41) is 0. The van der Waals surface area contributed by atoms with E-state index >= 15 is 0 Å². The molecule has 1 saturated heterocycles. The third kappa shape index (κ3) is 3.84. The van der Waals surface area contributed by atoms with Crippen LogP contribution >= 0.6 is 0 Å². The van der Waals surface area contributed by atoms with Crippen LogP contribution in [-0.2, 0) is 22.7 Å². The average molecular weight is 342 g/mol. The minimum absolute atomic E-state index is 0.00402. The van der Waals surface area contributed by atoms with Crippen LogP contribution in [0.3, 0.4) is 0 Å². The largest absolute Gasteiger partial charge is 0.496 e. The van der Waals surface area contributed by atoms with E-state index in [-0.39, 0.29) is 24.2 Å². The molecule has 0 bridgehead atoms. The molecule has 0 spiro atoms. The summed E-state index contributed by atoms with van der Waals surface area (Å²) >= 11 is 0. The zero-order valence-electron chi connectivity index (χ0n) is 14.5.